The Morgan fingerprint density at radius 1 is 1.10 bits per heavy atom. The zero-order chi connectivity index (χ0) is 15.2. The molecule has 0 unspecified atom stereocenters. The Bertz CT molecular complexity index is 614. The molecular formula is C16H16Br2N2O. The fraction of sp³-hybridized carbons (Fsp3) is 0.188. The van der Waals surface area contributed by atoms with E-state index in [0.29, 0.717) is 0 Å². The summed E-state index contributed by atoms with van der Waals surface area (Å²) < 4.78 is 2.01. The van der Waals surface area contributed by atoms with Gasteiger partial charge in [0, 0.05) is 14.6 Å². The van der Waals surface area contributed by atoms with Gasteiger partial charge in [0.05, 0.1) is 12.6 Å². The van der Waals surface area contributed by atoms with Crippen molar-refractivity contribution >= 4 is 43.5 Å². The molecule has 0 radical (unpaired) electrons. The summed E-state index contributed by atoms with van der Waals surface area (Å²) in [4.78, 5) is 12.0. The molecule has 110 valence electrons. The van der Waals surface area contributed by atoms with Gasteiger partial charge < -0.3 is 10.6 Å². The number of rotatable bonds is 5. The lowest BCUT2D eigenvalue weighted by Gasteiger charge is -2.16. The van der Waals surface area contributed by atoms with Crippen LogP contribution in [0.2, 0.25) is 0 Å². The van der Waals surface area contributed by atoms with E-state index in [2.05, 4.69) is 42.5 Å². The van der Waals surface area contributed by atoms with Crippen molar-refractivity contribution in [2.24, 2.45) is 0 Å². The number of nitrogens with one attached hydrogen (secondary N) is 2. The first-order valence-corrected chi connectivity index (χ1v) is 8.18. The molecule has 0 aliphatic rings. The zero-order valence-corrected chi connectivity index (χ0v) is 14.7. The lowest BCUT2D eigenvalue weighted by molar-refractivity contribution is -0.120. The van der Waals surface area contributed by atoms with Crippen molar-refractivity contribution in [3.63, 3.8) is 0 Å². The van der Waals surface area contributed by atoms with Gasteiger partial charge in [-0.25, -0.2) is 0 Å². The Kier molecular flexibility index (Phi) is 5.82. The molecule has 5 heteroatoms. The maximum Gasteiger partial charge on any atom is 0.239 e. The van der Waals surface area contributed by atoms with Gasteiger partial charge in [0.1, 0.15) is 0 Å². The molecule has 3 nitrogen and oxygen atoms in total. The summed E-state index contributed by atoms with van der Waals surface area (Å²) in [5.41, 5.74) is 1.98. The number of halogens is 2. The molecule has 0 aliphatic carbocycles. The summed E-state index contributed by atoms with van der Waals surface area (Å²) in [5, 5.41) is 6.08. The predicted octanol–water partition coefficient (Wildman–Crippen LogP) is 4.50. The average molecular weight is 412 g/mol. The monoisotopic (exact) mass is 410 g/mol. The van der Waals surface area contributed by atoms with Crippen LogP contribution in [0.3, 0.4) is 0 Å². The normalized spacial score (nSPS) is 11.8. The Morgan fingerprint density at radius 3 is 2.43 bits per heavy atom. The van der Waals surface area contributed by atoms with Gasteiger partial charge in [-0.3, -0.25) is 4.79 Å². The lowest BCUT2D eigenvalue weighted by Crippen LogP contribution is -2.32. The third-order valence-electron chi connectivity index (χ3n) is 3.05. The van der Waals surface area contributed by atoms with Crippen molar-refractivity contribution in [1.29, 1.82) is 0 Å². The summed E-state index contributed by atoms with van der Waals surface area (Å²) in [7, 11) is 0. The van der Waals surface area contributed by atoms with Gasteiger partial charge in [0.15, 0.2) is 0 Å². The van der Waals surface area contributed by atoms with Crippen LogP contribution in [0.1, 0.15) is 18.5 Å². The molecule has 2 N–H and O–H groups in total. The molecule has 0 aromatic heterocycles. The molecule has 1 atom stereocenters. The molecule has 21 heavy (non-hydrogen) atoms. The highest BCUT2D eigenvalue weighted by molar-refractivity contribution is 9.10. The van der Waals surface area contributed by atoms with E-state index < -0.39 is 0 Å². The van der Waals surface area contributed by atoms with Gasteiger partial charge in [-0.15, -0.1) is 0 Å². The van der Waals surface area contributed by atoms with Crippen LogP contribution in [0, 0.1) is 0 Å². The summed E-state index contributed by atoms with van der Waals surface area (Å²) in [6, 6.07) is 15.6. The fourth-order valence-electron chi connectivity index (χ4n) is 1.95. The summed E-state index contributed by atoms with van der Waals surface area (Å²) >= 11 is 6.88. The average Bonchev–Trinajstić information content (AvgIpc) is 2.47. The van der Waals surface area contributed by atoms with Gasteiger partial charge >= 0.3 is 0 Å². The summed E-state index contributed by atoms with van der Waals surface area (Å²) in [6.45, 7) is 2.22. The summed E-state index contributed by atoms with van der Waals surface area (Å²) in [6.07, 6.45) is 0. The van der Waals surface area contributed by atoms with Crippen LogP contribution in [0.4, 0.5) is 5.69 Å². The smallest absolute Gasteiger partial charge is 0.239 e. The molecule has 0 saturated carbocycles. The van der Waals surface area contributed by atoms with Crippen molar-refractivity contribution in [1.82, 2.24) is 5.32 Å². The molecule has 0 fully saturated rings. The van der Waals surface area contributed by atoms with Crippen LogP contribution in [0.25, 0.3) is 0 Å². The van der Waals surface area contributed by atoms with E-state index in [-0.39, 0.29) is 18.5 Å². The second-order valence-corrected chi connectivity index (χ2v) is 6.44. The quantitative estimate of drug-likeness (QED) is 0.760. The standard InChI is InChI=1S/C16H16Br2N2O/c1-11(14-4-2-3-5-15(14)18)20-16(21)10-19-13-8-6-12(17)7-9-13/h2-9,11,19H,10H2,1H3,(H,20,21)/t11-/m1/s1. The van der Waals surface area contributed by atoms with Crippen LogP contribution in [0.5, 0.6) is 0 Å². The Balaban J connectivity index is 1.87. The summed E-state index contributed by atoms with van der Waals surface area (Å²) in [5.74, 6) is -0.0406. The molecule has 1 amide bonds. The second kappa shape index (κ2) is 7.61. The third kappa shape index (κ3) is 4.86. The molecule has 2 aromatic carbocycles. The molecule has 2 rings (SSSR count). The number of anilines is 1. The van der Waals surface area contributed by atoms with Crippen LogP contribution in [-0.4, -0.2) is 12.5 Å². The predicted molar refractivity (Wildman–Crippen MR) is 93.3 cm³/mol. The van der Waals surface area contributed by atoms with Gasteiger partial charge in [-0.1, -0.05) is 50.1 Å². The van der Waals surface area contributed by atoms with Crippen LogP contribution < -0.4 is 10.6 Å². The van der Waals surface area contributed by atoms with Crippen LogP contribution in [0.15, 0.2) is 57.5 Å². The Hall–Kier alpha value is -1.33. The van der Waals surface area contributed by atoms with E-state index in [0.717, 1.165) is 20.2 Å². The molecule has 0 saturated heterocycles. The highest BCUT2D eigenvalue weighted by Gasteiger charge is 2.11. The number of carbonyl (C=O) groups is 1. The van der Waals surface area contributed by atoms with E-state index in [1.54, 1.807) is 0 Å². The number of amides is 1. The van der Waals surface area contributed by atoms with Crippen LogP contribution >= 0.6 is 31.9 Å². The fourth-order valence-corrected chi connectivity index (χ4v) is 2.84. The van der Waals surface area contributed by atoms with Gasteiger partial charge in [0.2, 0.25) is 5.91 Å². The van der Waals surface area contributed by atoms with E-state index in [4.69, 9.17) is 0 Å². The van der Waals surface area contributed by atoms with E-state index >= 15 is 0 Å². The van der Waals surface area contributed by atoms with Gasteiger partial charge in [-0.2, -0.15) is 0 Å². The minimum atomic E-state index is -0.0419. The van der Waals surface area contributed by atoms with Gasteiger partial charge in [-0.05, 0) is 42.8 Å². The lowest BCUT2D eigenvalue weighted by atomic mass is 10.1. The maximum atomic E-state index is 12.0. The molecule has 0 spiro atoms. The third-order valence-corrected chi connectivity index (χ3v) is 4.30. The highest BCUT2D eigenvalue weighted by Crippen LogP contribution is 2.22. The van der Waals surface area contributed by atoms with Crippen molar-refractivity contribution < 1.29 is 4.79 Å². The van der Waals surface area contributed by atoms with Crippen molar-refractivity contribution in [3.05, 3.63) is 63.0 Å². The highest BCUT2D eigenvalue weighted by atomic mass is 79.9. The Morgan fingerprint density at radius 2 is 1.76 bits per heavy atom. The zero-order valence-electron chi connectivity index (χ0n) is 11.6. The van der Waals surface area contributed by atoms with Gasteiger partial charge in [0.25, 0.3) is 0 Å². The second-order valence-electron chi connectivity index (χ2n) is 4.67. The molecule has 0 bridgehead atoms. The first kappa shape index (κ1) is 16.0. The van der Waals surface area contributed by atoms with Crippen molar-refractivity contribution in [2.75, 3.05) is 11.9 Å². The molecule has 2 aromatic rings. The minimum Gasteiger partial charge on any atom is -0.376 e. The van der Waals surface area contributed by atoms with Crippen molar-refractivity contribution in [3.8, 4) is 0 Å². The van der Waals surface area contributed by atoms with Crippen LogP contribution in [-0.2, 0) is 4.79 Å². The number of hydrogen-bond acceptors (Lipinski definition) is 2. The Labute approximate surface area is 141 Å². The molecular weight excluding hydrogens is 396 g/mol. The van der Waals surface area contributed by atoms with E-state index in [1.807, 2.05) is 55.5 Å². The molecule has 0 aliphatic heterocycles. The topological polar surface area (TPSA) is 41.1 Å². The molecule has 0 heterocycles. The number of hydrogen-bond donors (Lipinski definition) is 2. The van der Waals surface area contributed by atoms with E-state index in [1.165, 1.54) is 0 Å². The first-order chi connectivity index (χ1) is 10.1. The number of benzene rings is 2. The largest absolute Gasteiger partial charge is 0.376 e. The number of carbonyl (C=O) groups excluding carboxylic acids is 1. The first-order valence-electron chi connectivity index (χ1n) is 6.59. The van der Waals surface area contributed by atoms with Crippen molar-refractivity contribution in [2.45, 2.75) is 13.0 Å². The minimum absolute atomic E-state index is 0.0406. The van der Waals surface area contributed by atoms with E-state index in [9.17, 15) is 4.79 Å². The maximum absolute atomic E-state index is 12.0. The SMILES string of the molecule is C[C@@H](NC(=O)CNc1ccc(Br)cc1)c1ccccc1Br.